The summed E-state index contributed by atoms with van der Waals surface area (Å²) in [6.07, 6.45) is -0.546. The summed E-state index contributed by atoms with van der Waals surface area (Å²) in [6.45, 7) is 6.03. The van der Waals surface area contributed by atoms with Crippen LogP contribution >= 0.6 is 23.1 Å². The Morgan fingerprint density at radius 3 is 2.67 bits per heavy atom. The van der Waals surface area contributed by atoms with Gasteiger partial charge >= 0.3 is 0 Å². The third-order valence-electron chi connectivity index (χ3n) is 4.88. The Kier molecular flexibility index (Phi) is 7.45. The number of piperazine rings is 1. The number of thioether (sulfide) groups is 1. The first-order chi connectivity index (χ1) is 16.0. The topological polar surface area (TPSA) is 114 Å². The number of rotatable bonds is 8. The molecule has 33 heavy (non-hydrogen) atoms. The van der Waals surface area contributed by atoms with Crippen molar-refractivity contribution >= 4 is 45.9 Å². The maximum atomic E-state index is 12.7. The lowest BCUT2D eigenvalue weighted by atomic mass is 10.2. The molecule has 0 bridgehead atoms. The number of para-hydroxylation sites is 1. The Morgan fingerprint density at radius 1 is 1.21 bits per heavy atom. The maximum absolute atomic E-state index is 12.7. The summed E-state index contributed by atoms with van der Waals surface area (Å²) in [5.74, 6) is 1.69. The highest BCUT2D eigenvalue weighted by atomic mass is 32.2. The number of nitrogens with zero attached hydrogens (tertiary/aromatic N) is 5. The number of ether oxygens (including phenoxy) is 1. The van der Waals surface area contributed by atoms with Gasteiger partial charge in [0.1, 0.15) is 11.5 Å². The largest absolute Gasteiger partial charge is 0.481 e. The molecule has 174 valence electrons. The van der Waals surface area contributed by atoms with Gasteiger partial charge in [-0.05, 0) is 26.0 Å². The average molecular weight is 489 g/mol. The molecule has 3 heterocycles. The fourth-order valence-corrected chi connectivity index (χ4v) is 4.94. The van der Waals surface area contributed by atoms with Gasteiger partial charge in [0.15, 0.2) is 16.3 Å². The number of hydrogen-bond acceptors (Lipinski definition) is 10. The average Bonchev–Trinajstić information content (AvgIpc) is 3.47. The molecule has 0 aliphatic carbocycles. The molecular weight excluding hydrogens is 464 g/mol. The van der Waals surface area contributed by atoms with Gasteiger partial charge in [-0.25, -0.2) is 0 Å². The van der Waals surface area contributed by atoms with Crippen molar-refractivity contribution in [2.24, 2.45) is 0 Å². The number of anilines is 2. The van der Waals surface area contributed by atoms with E-state index in [1.165, 1.54) is 23.1 Å². The standard InChI is InChI=1S/C21H24N6O4S2/c1-14-12-17(25-31-14)22-18(28)13-32-21-24-23-20(33-21)27-10-8-26(9-11-27)19(29)15(2)30-16-6-4-3-5-7-16/h3-7,12,15H,8-11,13H2,1-2H3,(H,22,25,28). The predicted octanol–water partition coefficient (Wildman–Crippen LogP) is 2.68. The number of hydrogen-bond donors (Lipinski definition) is 1. The number of carbonyl (C=O) groups excluding carboxylic acids is 2. The molecule has 1 aliphatic rings. The fraction of sp³-hybridized carbons (Fsp3) is 0.381. The molecule has 1 aliphatic heterocycles. The van der Waals surface area contributed by atoms with Gasteiger partial charge in [0.25, 0.3) is 5.91 Å². The first-order valence-electron chi connectivity index (χ1n) is 10.4. The highest BCUT2D eigenvalue weighted by Crippen LogP contribution is 2.29. The van der Waals surface area contributed by atoms with Gasteiger partial charge in [-0.3, -0.25) is 9.59 Å². The van der Waals surface area contributed by atoms with E-state index in [1.54, 1.807) is 19.9 Å². The number of carbonyl (C=O) groups is 2. The van der Waals surface area contributed by atoms with Crippen LogP contribution in [0.2, 0.25) is 0 Å². The van der Waals surface area contributed by atoms with Crippen LogP contribution in [-0.4, -0.2) is 70.1 Å². The van der Waals surface area contributed by atoms with Gasteiger partial charge < -0.3 is 24.4 Å². The lowest BCUT2D eigenvalue weighted by molar-refractivity contribution is -0.138. The maximum Gasteiger partial charge on any atom is 0.263 e. The van der Waals surface area contributed by atoms with Crippen LogP contribution < -0.4 is 15.0 Å². The minimum absolute atomic E-state index is 0.0275. The summed E-state index contributed by atoms with van der Waals surface area (Å²) < 4.78 is 11.4. The van der Waals surface area contributed by atoms with Crippen LogP contribution in [0.5, 0.6) is 5.75 Å². The minimum Gasteiger partial charge on any atom is -0.481 e. The van der Waals surface area contributed by atoms with Crippen molar-refractivity contribution in [3.8, 4) is 5.75 Å². The van der Waals surface area contributed by atoms with Gasteiger partial charge in [-0.15, -0.1) is 10.2 Å². The number of amides is 2. The van der Waals surface area contributed by atoms with E-state index < -0.39 is 6.10 Å². The van der Waals surface area contributed by atoms with Crippen molar-refractivity contribution < 1.29 is 18.8 Å². The highest BCUT2D eigenvalue weighted by molar-refractivity contribution is 8.01. The normalized spacial score (nSPS) is 14.7. The zero-order valence-corrected chi connectivity index (χ0v) is 19.9. The van der Waals surface area contributed by atoms with E-state index in [9.17, 15) is 9.59 Å². The minimum atomic E-state index is -0.546. The molecule has 4 rings (SSSR count). The Bertz CT molecular complexity index is 1080. The molecule has 2 aromatic heterocycles. The van der Waals surface area contributed by atoms with Gasteiger partial charge in [0.2, 0.25) is 11.0 Å². The van der Waals surface area contributed by atoms with Gasteiger partial charge in [-0.2, -0.15) is 0 Å². The summed E-state index contributed by atoms with van der Waals surface area (Å²) >= 11 is 2.75. The Balaban J connectivity index is 1.22. The third-order valence-corrected chi connectivity index (χ3v) is 7.00. The molecule has 1 saturated heterocycles. The van der Waals surface area contributed by atoms with Crippen LogP contribution in [0.4, 0.5) is 10.9 Å². The number of nitrogens with one attached hydrogen (secondary N) is 1. The smallest absolute Gasteiger partial charge is 0.263 e. The lowest BCUT2D eigenvalue weighted by Crippen LogP contribution is -2.52. The van der Waals surface area contributed by atoms with Crippen LogP contribution in [0, 0.1) is 6.92 Å². The second-order valence-corrected chi connectivity index (χ2v) is 9.57. The molecule has 1 atom stereocenters. The molecule has 1 aromatic carbocycles. The Hall–Kier alpha value is -3.12. The van der Waals surface area contributed by atoms with Gasteiger partial charge in [0, 0.05) is 32.2 Å². The second kappa shape index (κ2) is 10.7. The lowest BCUT2D eigenvalue weighted by Gasteiger charge is -2.35. The van der Waals surface area contributed by atoms with E-state index in [-0.39, 0.29) is 17.6 Å². The molecule has 0 spiro atoms. The summed E-state index contributed by atoms with van der Waals surface area (Å²) in [5.41, 5.74) is 0. The Morgan fingerprint density at radius 2 is 1.97 bits per heavy atom. The van der Waals surface area contributed by atoms with Gasteiger partial charge in [-0.1, -0.05) is 46.5 Å². The van der Waals surface area contributed by atoms with E-state index in [4.69, 9.17) is 9.26 Å². The van der Waals surface area contributed by atoms with E-state index in [2.05, 4.69) is 25.6 Å². The highest BCUT2D eigenvalue weighted by Gasteiger charge is 2.27. The quantitative estimate of drug-likeness (QED) is 0.478. The first-order valence-corrected chi connectivity index (χ1v) is 12.2. The molecular formula is C21H24N6O4S2. The zero-order valence-electron chi connectivity index (χ0n) is 18.3. The van der Waals surface area contributed by atoms with Crippen LogP contribution in [-0.2, 0) is 9.59 Å². The van der Waals surface area contributed by atoms with Gasteiger partial charge in [0.05, 0.1) is 5.75 Å². The SMILES string of the molecule is Cc1cc(NC(=O)CSc2nnc(N3CCN(C(=O)C(C)Oc4ccccc4)CC3)s2)no1. The monoisotopic (exact) mass is 488 g/mol. The second-order valence-electron chi connectivity index (χ2n) is 7.40. The third kappa shape index (κ3) is 6.23. The van der Waals surface area contributed by atoms with E-state index >= 15 is 0 Å². The Labute approximate surface area is 199 Å². The molecule has 2 amide bonds. The van der Waals surface area contributed by atoms with Crippen molar-refractivity contribution in [1.82, 2.24) is 20.3 Å². The molecule has 10 nitrogen and oxygen atoms in total. The zero-order chi connectivity index (χ0) is 23.2. The summed E-state index contributed by atoms with van der Waals surface area (Å²) in [5, 5.41) is 15.6. The predicted molar refractivity (Wildman–Crippen MR) is 126 cm³/mol. The number of aryl methyl sites for hydroxylation is 1. The molecule has 1 fully saturated rings. The van der Waals surface area contributed by atoms with Crippen molar-refractivity contribution in [2.45, 2.75) is 24.3 Å². The van der Waals surface area contributed by atoms with Crippen LogP contribution in [0.25, 0.3) is 0 Å². The first kappa shape index (κ1) is 23.1. The van der Waals surface area contributed by atoms with E-state index in [1.807, 2.05) is 35.2 Å². The summed E-state index contributed by atoms with van der Waals surface area (Å²) in [7, 11) is 0. The molecule has 12 heteroatoms. The van der Waals surface area contributed by atoms with Crippen LogP contribution in [0.15, 0.2) is 45.3 Å². The molecule has 0 radical (unpaired) electrons. The number of aromatic nitrogens is 3. The number of benzene rings is 1. The molecule has 1 N–H and O–H groups in total. The molecule has 3 aromatic rings. The van der Waals surface area contributed by atoms with Crippen molar-refractivity contribution in [3.63, 3.8) is 0 Å². The molecule has 1 unspecified atom stereocenters. The van der Waals surface area contributed by atoms with Crippen molar-refractivity contribution in [2.75, 3.05) is 42.1 Å². The van der Waals surface area contributed by atoms with E-state index in [0.717, 1.165) is 5.13 Å². The van der Waals surface area contributed by atoms with Crippen molar-refractivity contribution in [3.05, 3.63) is 42.2 Å². The van der Waals surface area contributed by atoms with Crippen LogP contribution in [0.1, 0.15) is 12.7 Å². The summed E-state index contributed by atoms with van der Waals surface area (Å²) in [4.78, 5) is 28.7. The molecule has 0 saturated carbocycles. The van der Waals surface area contributed by atoms with Crippen molar-refractivity contribution in [1.29, 1.82) is 0 Å². The summed E-state index contributed by atoms with van der Waals surface area (Å²) in [6, 6.07) is 11.0. The fourth-order valence-electron chi connectivity index (χ4n) is 3.25. The van der Waals surface area contributed by atoms with E-state index in [0.29, 0.717) is 47.8 Å². The van der Waals surface area contributed by atoms with Crippen LogP contribution in [0.3, 0.4) is 0 Å².